The molecule has 0 bridgehead atoms. The first-order valence-electron chi connectivity index (χ1n) is 9.94. The van der Waals surface area contributed by atoms with Crippen LogP contribution < -0.4 is 4.74 Å². The van der Waals surface area contributed by atoms with Gasteiger partial charge in [0.2, 0.25) is 0 Å². The summed E-state index contributed by atoms with van der Waals surface area (Å²) in [6.07, 6.45) is 0.634. The van der Waals surface area contributed by atoms with Crippen LogP contribution in [-0.4, -0.2) is 60.5 Å². The number of hydrogen-bond acceptors (Lipinski definition) is 8. The lowest BCUT2D eigenvalue weighted by Crippen LogP contribution is -2.56. The third-order valence-corrected chi connectivity index (χ3v) is 5.12. The third-order valence-electron chi connectivity index (χ3n) is 5.12. The Balaban J connectivity index is 1.76. The van der Waals surface area contributed by atoms with Gasteiger partial charge in [-0.15, -0.1) is 0 Å². The van der Waals surface area contributed by atoms with E-state index in [1.54, 1.807) is 19.9 Å². The molecule has 2 aliphatic rings. The average molecular weight is 420 g/mol. The Morgan fingerprint density at radius 3 is 2.67 bits per heavy atom. The second-order valence-electron chi connectivity index (χ2n) is 7.85. The van der Waals surface area contributed by atoms with Crippen LogP contribution in [0.15, 0.2) is 30.3 Å². The highest BCUT2D eigenvalue weighted by atomic mass is 16.8. The number of aliphatic hydroxyl groups is 1. The Kier molecular flexibility index (Phi) is 6.50. The highest BCUT2D eigenvalue weighted by Gasteiger charge is 2.58. The molecule has 0 unspecified atom stereocenters. The van der Waals surface area contributed by atoms with Crippen LogP contribution in [0.1, 0.15) is 39.2 Å². The minimum atomic E-state index is -1.82. The summed E-state index contributed by atoms with van der Waals surface area (Å²) < 4.78 is 27.5. The molecule has 1 aromatic rings. The molecule has 2 fully saturated rings. The van der Waals surface area contributed by atoms with Crippen molar-refractivity contribution in [1.29, 1.82) is 0 Å². The lowest BCUT2D eigenvalue weighted by Gasteiger charge is -2.39. The first-order valence-corrected chi connectivity index (χ1v) is 9.94. The van der Waals surface area contributed by atoms with Gasteiger partial charge in [0.15, 0.2) is 11.4 Å². The maximum absolute atomic E-state index is 12.5. The van der Waals surface area contributed by atoms with E-state index in [1.807, 2.05) is 31.2 Å². The lowest BCUT2D eigenvalue weighted by molar-refractivity contribution is -0.187. The molecule has 1 saturated carbocycles. The van der Waals surface area contributed by atoms with Crippen molar-refractivity contribution in [2.45, 2.75) is 63.3 Å². The smallest absolute Gasteiger partial charge is 0.338 e. The molecule has 1 aromatic carbocycles. The van der Waals surface area contributed by atoms with Crippen molar-refractivity contribution in [3.05, 3.63) is 35.9 Å². The molecule has 8 nitrogen and oxygen atoms in total. The second kappa shape index (κ2) is 8.75. The SMILES string of the molecule is CCOc1ccccc1/C=C/C(=O)O[C@@H]1C[C@](O)(C(=O)OC)C[C@H]2OC(C)(C)O[C@@H]12. The van der Waals surface area contributed by atoms with E-state index in [2.05, 4.69) is 0 Å². The average Bonchev–Trinajstić information content (AvgIpc) is 3.00. The highest BCUT2D eigenvalue weighted by molar-refractivity contribution is 5.88. The quantitative estimate of drug-likeness (QED) is 0.552. The number of methoxy groups -OCH3 is 1. The molecule has 1 saturated heterocycles. The molecular formula is C22H28O8. The number of para-hydroxylation sites is 1. The minimum Gasteiger partial charge on any atom is -0.493 e. The molecule has 164 valence electrons. The van der Waals surface area contributed by atoms with Gasteiger partial charge in [0.05, 0.1) is 19.8 Å². The van der Waals surface area contributed by atoms with Gasteiger partial charge in [-0.3, -0.25) is 0 Å². The molecule has 4 atom stereocenters. The number of rotatable bonds is 6. The van der Waals surface area contributed by atoms with E-state index in [9.17, 15) is 14.7 Å². The number of carbonyl (C=O) groups excluding carboxylic acids is 2. The molecule has 0 radical (unpaired) electrons. The monoisotopic (exact) mass is 420 g/mol. The van der Waals surface area contributed by atoms with Crippen LogP contribution in [-0.2, 0) is 28.5 Å². The van der Waals surface area contributed by atoms with Gasteiger partial charge in [-0.05, 0) is 32.9 Å². The number of esters is 2. The van der Waals surface area contributed by atoms with Crippen LogP contribution in [0.5, 0.6) is 5.75 Å². The van der Waals surface area contributed by atoms with E-state index in [1.165, 1.54) is 13.2 Å². The summed E-state index contributed by atoms with van der Waals surface area (Å²) in [5.74, 6) is -1.70. The normalized spacial score (nSPS) is 30.0. The maximum atomic E-state index is 12.5. The summed E-state index contributed by atoms with van der Waals surface area (Å²) in [7, 11) is 1.20. The largest absolute Gasteiger partial charge is 0.493 e. The molecule has 0 amide bonds. The fourth-order valence-electron chi connectivity index (χ4n) is 3.92. The second-order valence-corrected chi connectivity index (χ2v) is 7.85. The standard InChI is InChI=1S/C22H28O8/c1-5-27-15-9-7-6-8-14(15)10-11-18(23)28-16-12-22(25,20(24)26-4)13-17-19(16)30-21(2,3)29-17/h6-11,16-17,19,25H,5,12-13H2,1-4H3/b11-10+/t16-,17-,19+,22-/m1/s1. The Morgan fingerprint density at radius 1 is 1.23 bits per heavy atom. The summed E-state index contributed by atoms with van der Waals surface area (Å²) in [6, 6.07) is 7.30. The number of ether oxygens (including phenoxy) is 5. The van der Waals surface area contributed by atoms with Gasteiger partial charge in [-0.1, -0.05) is 18.2 Å². The summed E-state index contributed by atoms with van der Waals surface area (Å²) in [5.41, 5.74) is -1.10. The molecule has 1 N–H and O–H groups in total. The van der Waals surface area contributed by atoms with Crippen LogP contribution in [0.4, 0.5) is 0 Å². The van der Waals surface area contributed by atoms with Crippen LogP contribution in [0, 0.1) is 0 Å². The summed E-state index contributed by atoms with van der Waals surface area (Å²) in [4.78, 5) is 24.7. The van der Waals surface area contributed by atoms with Gasteiger partial charge < -0.3 is 28.8 Å². The molecule has 1 aliphatic carbocycles. The molecule has 30 heavy (non-hydrogen) atoms. The predicted octanol–water partition coefficient (Wildman–Crippen LogP) is 2.23. The maximum Gasteiger partial charge on any atom is 0.338 e. The molecule has 0 spiro atoms. The predicted molar refractivity (Wildman–Crippen MR) is 107 cm³/mol. The van der Waals surface area contributed by atoms with Gasteiger partial charge >= 0.3 is 11.9 Å². The molecule has 0 aromatic heterocycles. The molecule has 8 heteroatoms. The Hall–Kier alpha value is -2.42. The molecule has 3 rings (SSSR count). The van der Waals surface area contributed by atoms with Crippen LogP contribution >= 0.6 is 0 Å². The summed E-state index contributed by atoms with van der Waals surface area (Å²) in [5, 5.41) is 10.8. The van der Waals surface area contributed by atoms with Gasteiger partial charge in [-0.25, -0.2) is 9.59 Å². The van der Waals surface area contributed by atoms with Crippen molar-refractivity contribution in [3.63, 3.8) is 0 Å². The van der Waals surface area contributed by atoms with E-state index in [0.717, 1.165) is 5.56 Å². The summed E-state index contributed by atoms with van der Waals surface area (Å²) in [6.45, 7) is 5.83. The molecule has 1 heterocycles. The number of carbonyl (C=O) groups is 2. The van der Waals surface area contributed by atoms with Crippen molar-refractivity contribution in [2.75, 3.05) is 13.7 Å². The summed E-state index contributed by atoms with van der Waals surface area (Å²) >= 11 is 0. The van der Waals surface area contributed by atoms with Gasteiger partial charge in [0.25, 0.3) is 0 Å². The Morgan fingerprint density at radius 2 is 1.97 bits per heavy atom. The van der Waals surface area contributed by atoms with E-state index in [4.69, 9.17) is 23.7 Å². The van der Waals surface area contributed by atoms with Crippen molar-refractivity contribution >= 4 is 18.0 Å². The van der Waals surface area contributed by atoms with Crippen molar-refractivity contribution in [2.24, 2.45) is 0 Å². The van der Waals surface area contributed by atoms with Crippen molar-refractivity contribution in [3.8, 4) is 5.75 Å². The van der Waals surface area contributed by atoms with Crippen molar-refractivity contribution in [1.82, 2.24) is 0 Å². The van der Waals surface area contributed by atoms with Crippen molar-refractivity contribution < 1.29 is 38.4 Å². The third kappa shape index (κ3) is 4.83. The Bertz CT molecular complexity index is 817. The molecule has 1 aliphatic heterocycles. The Labute approximate surface area is 175 Å². The number of fused-ring (bicyclic) bond motifs is 1. The number of hydrogen-bond donors (Lipinski definition) is 1. The molecular weight excluding hydrogens is 392 g/mol. The van der Waals surface area contributed by atoms with E-state index in [-0.39, 0.29) is 12.8 Å². The topological polar surface area (TPSA) is 101 Å². The highest BCUT2D eigenvalue weighted by Crippen LogP contribution is 2.42. The van der Waals surface area contributed by atoms with E-state index < -0.39 is 41.6 Å². The van der Waals surface area contributed by atoms with E-state index >= 15 is 0 Å². The van der Waals surface area contributed by atoms with Gasteiger partial charge in [0, 0.05) is 24.5 Å². The fourth-order valence-corrected chi connectivity index (χ4v) is 3.92. The van der Waals surface area contributed by atoms with Crippen LogP contribution in [0.2, 0.25) is 0 Å². The van der Waals surface area contributed by atoms with Crippen LogP contribution in [0.25, 0.3) is 6.08 Å². The minimum absolute atomic E-state index is 0.000603. The number of benzene rings is 1. The first-order chi connectivity index (χ1) is 14.2. The van der Waals surface area contributed by atoms with Crippen LogP contribution in [0.3, 0.4) is 0 Å². The first kappa shape index (κ1) is 22.3. The zero-order chi connectivity index (χ0) is 21.9. The lowest BCUT2D eigenvalue weighted by atomic mass is 9.79. The van der Waals surface area contributed by atoms with Gasteiger partial charge in [0.1, 0.15) is 18.0 Å². The van der Waals surface area contributed by atoms with Gasteiger partial charge in [-0.2, -0.15) is 0 Å². The zero-order valence-electron chi connectivity index (χ0n) is 17.6. The zero-order valence-corrected chi connectivity index (χ0v) is 17.6. The fraction of sp³-hybridized carbons (Fsp3) is 0.545. The van der Waals surface area contributed by atoms with E-state index in [0.29, 0.717) is 12.4 Å².